The first-order chi connectivity index (χ1) is 13.7. The van der Waals surface area contributed by atoms with Crippen molar-refractivity contribution in [3.05, 3.63) is 51.8 Å². The molecule has 4 nitrogen and oxygen atoms in total. The summed E-state index contributed by atoms with van der Waals surface area (Å²) in [6.07, 6.45) is 1.91. The number of alkyl halides is 3. The maximum atomic E-state index is 12.9. The van der Waals surface area contributed by atoms with Gasteiger partial charge in [0.15, 0.2) is 0 Å². The van der Waals surface area contributed by atoms with Gasteiger partial charge < -0.3 is 5.32 Å². The van der Waals surface area contributed by atoms with E-state index in [9.17, 15) is 18.0 Å². The van der Waals surface area contributed by atoms with E-state index in [1.807, 2.05) is 4.68 Å². The molecule has 0 radical (unpaired) electrons. The molecule has 0 aliphatic heterocycles. The molecule has 29 heavy (non-hydrogen) atoms. The largest absolute Gasteiger partial charge is 0.416 e. The van der Waals surface area contributed by atoms with Gasteiger partial charge >= 0.3 is 6.18 Å². The number of halogens is 4. The van der Waals surface area contributed by atoms with E-state index in [0.717, 1.165) is 62.5 Å². The van der Waals surface area contributed by atoms with E-state index >= 15 is 0 Å². The van der Waals surface area contributed by atoms with Gasteiger partial charge in [-0.2, -0.15) is 18.3 Å². The molecule has 1 aliphatic rings. The van der Waals surface area contributed by atoms with E-state index in [1.54, 1.807) is 0 Å². The van der Waals surface area contributed by atoms with Crippen molar-refractivity contribution in [1.82, 2.24) is 15.1 Å². The lowest BCUT2D eigenvalue weighted by Gasteiger charge is -2.29. The number of nitrogens with zero attached hydrogens (tertiary/aromatic N) is 2. The van der Waals surface area contributed by atoms with Gasteiger partial charge in [0.05, 0.1) is 21.8 Å². The summed E-state index contributed by atoms with van der Waals surface area (Å²) in [6, 6.07) is 2.75. The lowest BCUT2D eigenvalue weighted by molar-refractivity contribution is -0.137. The minimum atomic E-state index is -4.51. The Bertz CT molecular complexity index is 871. The first kappa shape index (κ1) is 21.7. The van der Waals surface area contributed by atoms with Crippen molar-refractivity contribution in [2.45, 2.75) is 64.7 Å². The zero-order valence-corrected chi connectivity index (χ0v) is 17.3. The second-order valence-corrected chi connectivity index (χ2v) is 8.13. The van der Waals surface area contributed by atoms with Gasteiger partial charge in [0.25, 0.3) is 5.91 Å². The Morgan fingerprint density at radius 2 is 1.97 bits per heavy atom. The molecule has 8 heteroatoms. The van der Waals surface area contributed by atoms with E-state index in [2.05, 4.69) is 30.5 Å². The third kappa shape index (κ3) is 5.32. The number of amides is 1. The third-order valence-corrected chi connectivity index (χ3v) is 5.88. The molecule has 158 valence electrons. The Hall–Kier alpha value is -2.02. The highest BCUT2D eigenvalue weighted by Gasteiger charge is 2.32. The Balaban J connectivity index is 1.56. The van der Waals surface area contributed by atoms with Gasteiger partial charge in [-0.1, -0.05) is 18.5 Å². The normalized spacial score (nSPS) is 19.9. The molecular weight excluding hydrogens is 403 g/mol. The second-order valence-electron chi connectivity index (χ2n) is 7.72. The maximum Gasteiger partial charge on any atom is 0.416 e. The molecule has 1 aromatic heterocycles. The van der Waals surface area contributed by atoms with Crippen molar-refractivity contribution in [3.8, 4) is 0 Å². The lowest BCUT2D eigenvalue weighted by atomic mass is 9.86. The number of aryl methyl sites for hydroxylation is 2. The average molecular weight is 428 g/mol. The van der Waals surface area contributed by atoms with Gasteiger partial charge in [0.2, 0.25) is 0 Å². The molecule has 3 rings (SSSR count). The highest BCUT2D eigenvalue weighted by atomic mass is 35.5. The first-order valence-corrected chi connectivity index (χ1v) is 10.3. The van der Waals surface area contributed by atoms with Crippen molar-refractivity contribution in [3.63, 3.8) is 0 Å². The van der Waals surface area contributed by atoms with Crippen LogP contribution in [0.2, 0.25) is 5.02 Å². The maximum absolute atomic E-state index is 12.9. The summed E-state index contributed by atoms with van der Waals surface area (Å²) in [5.74, 6) is -0.0795. The van der Waals surface area contributed by atoms with Crippen LogP contribution in [0.25, 0.3) is 0 Å². The highest BCUT2D eigenvalue weighted by molar-refractivity contribution is 6.33. The Labute approximate surface area is 173 Å². The number of benzene rings is 1. The van der Waals surface area contributed by atoms with Gasteiger partial charge in [0, 0.05) is 18.8 Å². The molecule has 2 aromatic rings. The molecule has 1 amide bonds. The predicted molar refractivity (Wildman–Crippen MR) is 106 cm³/mol. The number of carbonyl (C=O) groups is 1. The minimum absolute atomic E-state index is 0.0185. The summed E-state index contributed by atoms with van der Waals surface area (Å²) in [5.41, 5.74) is 1.30. The molecular formula is C21H25ClF3N3O. The molecule has 1 fully saturated rings. The molecule has 0 bridgehead atoms. The van der Waals surface area contributed by atoms with Crippen molar-refractivity contribution >= 4 is 17.5 Å². The zero-order chi connectivity index (χ0) is 21.2. The minimum Gasteiger partial charge on any atom is -0.349 e. The van der Waals surface area contributed by atoms with Gasteiger partial charge in [-0.3, -0.25) is 9.48 Å². The highest BCUT2D eigenvalue weighted by Crippen LogP contribution is 2.32. The van der Waals surface area contributed by atoms with Crippen LogP contribution in [-0.4, -0.2) is 21.7 Å². The summed E-state index contributed by atoms with van der Waals surface area (Å²) in [7, 11) is 0. The molecule has 1 aliphatic carbocycles. The van der Waals surface area contributed by atoms with Crippen LogP contribution in [0, 0.1) is 12.8 Å². The number of carbonyl (C=O) groups excluding carboxylic acids is 1. The summed E-state index contributed by atoms with van der Waals surface area (Å²) < 4.78 is 40.7. The fourth-order valence-corrected chi connectivity index (χ4v) is 4.10. The predicted octanol–water partition coefficient (Wildman–Crippen LogP) is 5.41. The van der Waals surface area contributed by atoms with Crippen molar-refractivity contribution in [2.24, 2.45) is 5.92 Å². The smallest absolute Gasteiger partial charge is 0.349 e. The Kier molecular flexibility index (Phi) is 6.56. The number of rotatable bonds is 5. The second kappa shape index (κ2) is 8.78. The molecule has 1 saturated carbocycles. The number of nitrogens with one attached hydrogen (secondary N) is 1. The fourth-order valence-electron chi connectivity index (χ4n) is 3.90. The third-order valence-electron chi connectivity index (χ3n) is 5.55. The van der Waals surface area contributed by atoms with Crippen LogP contribution in [0.1, 0.15) is 59.8 Å². The van der Waals surface area contributed by atoms with E-state index in [1.165, 1.54) is 5.56 Å². The molecule has 0 unspecified atom stereocenters. The van der Waals surface area contributed by atoms with Crippen molar-refractivity contribution in [2.75, 3.05) is 0 Å². The van der Waals surface area contributed by atoms with E-state index in [0.29, 0.717) is 5.92 Å². The Morgan fingerprint density at radius 3 is 2.55 bits per heavy atom. The van der Waals surface area contributed by atoms with E-state index in [-0.39, 0.29) is 16.6 Å². The average Bonchev–Trinajstić information content (AvgIpc) is 3.02. The quantitative estimate of drug-likeness (QED) is 0.693. The van der Waals surface area contributed by atoms with E-state index in [4.69, 9.17) is 11.6 Å². The van der Waals surface area contributed by atoms with Gasteiger partial charge in [0.1, 0.15) is 0 Å². The summed E-state index contributed by atoms with van der Waals surface area (Å²) in [4.78, 5) is 12.5. The zero-order valence-electron chi connectivity index (χ0n) is 16.5. The van der Waals surface area contributed by atoms with E-state index < -0.39 is 17.6 Å². The van der Waals surface area contributed by atoms with Crippen molar-refractivity contribution in [1.29, 1.82) is 0 Å². The van der Waals surface area contributed by atoms with Crippen LogP contribution in [0.4, 0.5) is 13.2 Å². The first-order valence-electron chi connectivity index (χ1n) is 9.88. The molecule has 0 atom stereocenters. The van der Waals surface area contributed by atoms with Crippen LogP contribution in [-0.2, 0) is 19.1 Å². The lowest BCUT2D eigenvalue weighted by Crippen LogP contribution is -2.38. The number of hydrogen-bond donors (Lipinski definition) is 1. The van der Waals surface area contributed by atoms with Crippen LogP contribution in [0.5, 0.6) is 0 Å². The molecule has 0 saturated heterocycles. The topological polar surface area (TPSA) is 46.9 Å². The van der Waals surface area contributed by atoms with Gasteiger partial charge in [-0.05, 0) is 68.7 Å². The van der Waals surface area contributed by atoms with Gasteiger partial charge in [-0.25, -0.2) is 0 Å². The summed E-state index contributed by atoms with van der Waals surface area (Å²) in [5, 5.41) is 7.47. The van der Waals surface area contributed by atoms with Crippen LogP contribution >= 0.6 is 11.6 Å². The number of aromatic nitrogens is 2. The molecule has 0 spiro atoms. The number of hydrogen-bond acceptors (Lipinski definition) is 2. The summed E-state index contributed by atoms with van der Waals surface area (Å²) in [6.45, 7) is 5.00. The summed E-state index contributed by atoms with van der Waals surface area (Å²) >= 11 is 5.96. The molecule has 1 aromatic carbocycles. The van der Waals surface area contributed by atoms with Crippen molar-refractivity contribution < 1.29 is 18.0 Å². The van der Waals surface area contributed by atoms with Gasteiger partial charge in [-0.15, -0.1) is 0 Å². The van der Waals surface area contributed by atoms with Crippen LogP contribution in [0.15, 0.2) is 24.4 Å². The standard InChI is InChI=1S/C21H25ClF3N3O/c1-3-19-13(2)11-28(27-19)12-14-4-7-16(8-5-14)26-20(29)17-10-15(21(23,24)25)6-9-18(17)22/h6,9-11,14,16H,3-5,7-8,12H2,1-2H3,(H,26,29). The van der Waals surface area contributed by atoms with Crippen LogP contribution < -0.4 is 5.32 Å². The molecule has 1 N–H and O–H groups in total. The SMILES string of the molecule is CCc1nn(CC2CCC(NC(=O)c3cc(C(F)(F)F)ccc3Cl)CC2)cc1C. The Morgan fingerprint density at radius 1 is 1.28 bits per heavy atom. The molecule has 1 heterocycles. The fraction of sp³-hybridized carbons (Fsp3) is 0.524. The van der Waals surface area contributed by atoms with Crippen LogP contribution in [0.3, 0.4) is 0 Å². The monoisotopic (exact) mass is 427 g/mol.